The highest BCUT2D eigenvalue weighted by atomic mass is 19.4. The first-order valence-corrected chi connectivity index (χ1v) is 12.9. The molecule has 2 aliphatic heterocycles. The van der Waals surface area contributed by atoms with Gasteiger partial charge in [0.05, 0.1) is 17.0 Å². The lowest BCUT2D eigenvalue weighted by Gasteiger charge is -2.33. The number of carbonyl (C=O) groups excluding carboxylic acids is 3. The quantitative estimate of drug-likeness (QED) is 0.480. The molecule has 1 fully saturated rings. The van der Waals surface area contributed by atoms with Gasteiger partial charge in [-0.1, -0.05) is 38.1 Å². The molecular weight excluding hydrogens is 523 g/mol. The molecule has 1 aromatic heterocycles. The molecule has 1 spiro atoms. The molecule has 0 saturated carbocycles. The first-order valence-electron chi connectivity index (χ1n) is 12.9. The molecule has 208 valence electrons. The van der Waals surface area contributed by atoms with Crippen LogP contribution in [0.3, 0.4) is 0 Å². The van der Waals surface area contributed by atoms with E-state index < -0.39 is 41.1 Å². The highest BCUT2D eigenvalue weighted by molar-refractivity contribution is 6.07. The summed E-state index contributed by atoms with van der Waals surface area (Å²) >= 11 is 0. The third-order valence-corrected chi connectivity index (χ3v) is 7.86. The first-order chi connectivity index (χ1) is 18.9. The van der Waals surface area contributed by atoms with Crippen LogP contribution in [0.15, 0.2) is 48.5 Å². The minimum absolute atomic E-state index is 0.00383. The summed E-state index contributed by atoms with van der Waals surface area (Å²) in [5.74, 6) is -1.31. The van der Waals surface area contributed by atoms with Gasteiger partial charge < -0.3 is 20.1 Å². The number of H-pyrrole nitrogens is 1. The summed E-state index contributed by atoms with van der Waals surface area (Å²) in [7, 11) is 1.46. The topological polar surface area (TPSA) is 109 Å². The molecule has 0 unspecified atom stereocenters. The van der Waals surface area contributed by atoms with Gasteiger partial charge in [-0.25, -0.2) is 0 Å². The van der Waals surface area contributed by atoms with Crippen LogP contribution in [-0.2, 0) is 21.2 Å². The molecule has 2 N–H and O–H groups in total. The molecule has 3 atom stereocenters. The Hall–Kier alpha value is -4.33. The Kier molecular flexibility index (Phi) is 6.60. The zero-order valence-corrected chi connectivity index (χ0v) is 22.2. The van der Waals surface area contributed by atoms with Crippen LogP contribution in [0.5, 0.6) is 0 Å². The number of carbonyl (C=O) groups is 3. The predicted molar refractivity (Wildman–Crippen MR) is 141 cm³/mol. The van der Waals surface area contributed by atoms with Gasteiger partial charge in [0.25, 0.3) is 5.91 Å². The maximum absolute atomic E-state index is 14.0. The van der Waals surface area contributed by atoms with Crippen LogP contribution in [0.1, 0.15) is 48.3 Å². The summed E-state index contributed by atoms with van der Waals surface area (Å²) in [6, 6.07) is 12.1. The number of aromatic amines is 1. The zero-order chi connectivity index (χ0) is 29.0. The van der Waals surface area contributed by atoms with E-state index in [2.05, 4.69) is 16.4 Å². The van der Waals surface area contributed by atoms with E-state index in [1.54, 1.807) is 18.2 Å². The molecule has 0 radical (unpaired) electrons. The molecule has 3 aromatic rings. The lowest BCUT2D eigenvalue weighted by atomic mass is 9.80. The molecule has 2 aromatic carbocycles. The highest BCUT2D eigenvalue weighted by Crippen LogP contribution is 2.46. The van der Waals surface area contributed by atoms with Crippen molar-refractivity contribution in [1.29, 1.82) is 5.26 Å². The summed E-state index contributed by atoms with van der Waals surface area (Å²) in [5, 5.41) is 13.3. The molecule has 3 amide bonds. The highest BCUT2D eigenvalue weighted by Gasteiger charge is 2.56. The molecule has 2 aliphatic rings. The van der Waals surface area contributed by atoms with Gasteiger partial charge in [0, 0.05) is 36.6 Å². The smallest absolute Gasteiger partial charge is 0.351 e. The lowest BCUT2D eigenvalue weighted by molar-refractivity contribution is -0.138. The van der Waals surface area contributed by atoms with Crippen molar-refractivity contribution < 1.29 is 27.6 Å². The number of rotatable bonds is 5. The number of fused-ring (bicyclic) bond motifs is 3. The fourth-order valence-corrected chi connectivity index (χ4v) is 5.80. The number of anilines is 1. The Morgan fingerprint density at radius 2 is 1.93 bits per heavy atom. The molecule has 11 heteroatoms. The summed E-state index contributed by atoms with van der Waals surface area (Å²) in [6.45, 7) is 3.79. The number of likely N-dealkylation sites (tertiary alicyclic amines) is 1. The van der Waals surface area contributed by atoms with Crippen molar-refractivity contribution in [2.75, 3.05) is 18.9 Å². The van der Waals surface area contributed by atoms with Crippen LogP contribution in [0, 0.1) is 17.2 Å². The van der Waals surface area contributed by atoms with E-state index in [-0.39, 0.29) is 42.4 Å². The number of nitrogens with zero attached hydrogens (tertiary/aromatic N) is 3. The molecular formula is C29H28F3N5O3. The monoisotopic (exact) mass is 551 g/mol. The second-order valence-electron chi connectivity index (χ2n) is 10.9. The van der Waals surface area contributed by atoms with Crippen molar-refractivity contribution >= 4 is 34.3 Å². The van der Waals surface area contributed by atoms with Crippen molar-refractivity contribution in [2.24, 2.45) is 5.92 Å². The van der Waals surface area contributed by atoms with Crippen molar-refractivity contribution in [1.82, 2.24) is 14.8 Å². The van der Waals surface area contributed by atoms with Crippen molar-refractivity contribution in [3.63, 3.8) is 0 Å². The van der Waals surface area contributed by atoms with Crippen molar-refractivity contribution in [2.45, 2.75) is 50.4 Å². The number of nitrogens with one attached hydrogen (secondary N) is 2. The molecule has 1 saturated heterocycles. The standard InChI is InChI=1S/C29H28F3N5O3/c1-16(2)10-24(36(3)25(38)23-11-17-8-9-18(29(30,31)32)12-22(17)34-23)26(39)37-15-28(13-19(37)14-33)20-6-4-5-7-21(20)35-27(28)40/h4-9,11-12,16,19,24,34H,10,13,15H2,1-3H3,(H,35,40)/t19-,24-,28-/m0/s1. The number of likely N-dealkylation sites (N-methyl/N-ethyl adjacent to an activating group) is 1. The van der Waals surface area contributed by atoms with E-state index in [1.807, 2.05) is 19.9 Å². The Morgan fingerprint density at radius 1 is 1.20 bits per heavy atom. The summed E-state index contributed by atoms with van der Waals surface area (Å²) in [5.41, 5.74) is -0.336. The minimum Gasteiger partial charge on any atom is -0.351 e. The van der Waals surface area contributed by atoms with E-state index in [1.165, 1.54) is 29.0 Å². The van der Waals surface area contributed by atoms with Crippen molar-refractivity contribution in [3.05, 3.63) is 65.4 Å². The van der Waals surface area contributed by atoms with Gasteiger partial charge in [-0.05, 0) is 42.2 Å². The van der Waals surface area contributed by atoms with E-state index in [9.17, 15) is 32.8 Å². The molecule has 0 aliphatic carbocycles. The van der Waals surface area contributed by atoms with Gasteiger partial charge in [-0.3, -0.25) is 14.4 Å². The second kappa shape index (κ2) is 9.70. The minimum atomic E-state index is -4.53. The van der Waals surface area contributed by atoms with E-state index >= 15 is 0 Å². The van der Waals surface area contributed by atoms with E-state index in [4.69, 9.17) is 0 Å². The maximum Gasteiger partial charge on any atom is 0.416 e. The number of hydrogen-bond acceptors (Lipinski definition) is 4. The number of amides is 3. The van der Waals surface area contributed by atoms with Gasteiger partial charge in [0.15, 0.2) is 0 Å². The van der Waals surface area contributed by atoms with Crippen LogP contribution in [0.4, 0.5) is 18.9 Å². The van der Waals surface area contributed by atoms with Crippen LogP contribution >= 0.6 is 0 Å². The summed E-state index contributed by atoms with van der Waals surface area (Å²) in [4.78, 5) is 46.1. The Bertz CT molecular complexity index is 1560. The van der Waals surface area contributed by atoms with Crippen LogP contribution in [-0.4, -0.2) is 58.2 Å². The van der Waals surface area contributed by atoms with Gasteiger partial charge in [0.2, 0.25) is 11.8 Å². The zero-order valence-electron chi connectivity index (χ0n) is 22.2. The predicted octanol–water partition coefficient (Wildman–Crippen LogP) is 4.69. The number of para-hydroxylation sites is 1. The fourth-order valence-electron chi connectivity index (χ4n) is 5.80. The fraction of sp³-hybridized carbons (Fsp3) is 0.379. The SMILES string of the molecule is CC(C)C[C@@H](C(=O)N1C[C@]2(C[C@H]1C#N)C(=O)Nc1ccccc12)N(C)C(=O)c1cc2ccc(C(F)(F)F)cc2[nH]1. The van der Waals surface area contributed by atoms with Crippen LogP contribution in [0.2, 0.25) is 0 Å². The summed E-state index contributed by atoms with van der Waals surface area (Å²) < 4.78 is 39.5. The van der Waals surface area contributed by atoms with E-state index in [0.717, 1.165) is 17.7 Å². The largest absolute Gasteiger partial charge is 0.416 e. The second-order valence-corrected chi connectivity index (χ2v) is 10.9. The third-order valence-electron chi connectivity index (χ3n) is 7.86. The number of alkyl halides is 3. The molecule has 40 heavy (non-hydrogen) atoms. The Balaban J connectivity index is 1.45. The number of benzene rings is 2. The number of aromatic nitrogens is 1. The number of halogens is 3. The normalized spacial score (nSPS) is 21.0. The van der Waals surface area contributed by atoms with E-state index in [0.29, 0.717) is 11.1 Å². The molecule has 0 bridgehead atoms. The number of hydrogen-bond donors (Lipinski definition) is 2. The molecule has 3 heterocycles. The molecule has 8 nitrogen and oxygen atoms in total. The van der Waals surface area contributed by atoms with Gasteiger partial charge >= 0.3 is 6.18 Å². The van der Waals surface area contributed by atoms with Crippen LogP contribution in [0.25, 0.3) is 10.9 Å². The van der Waals surface area contributed by atoms with Gasteiger partial charge in [-0.2, -0.15) is 18.4 Å². The third kappa shape index (κ3) is 4.47. The van der Waals surface area contributed by atoms with Gasteiger partial charge in [-0.15, -0.1) is 0 Å². The summed E-state index contributed by atoms with van der Waals surface area (Å²) in [6.07, 6.45) is -4.12. The molecule has 5 rings (SSSR count). The van der Waals surface area contributed by atoms with Gasteiger partial charge in [0.1, 0.15) is 17.8 Å². The Labute approximate surface area is 228 Å². The average Bonchev–Trinajstić information content (AvgIpc) is 3.59. The first kappa shape index (κ1) is 27.2. The Morgan fingerprint density at radius 3 is 2.60 bits per heavy atom. The van der Waals surface area contributed by atoms with Crippen molar-refractivity contribution in [3.8, 4) is 6.07 Å². The number of nitriles is 1. The average molecular weight is 552 g/mol. The lowest BCUT2D eigenvalue weighted by Crippen LogP contribution is -2.52. The maximum atomic E-state index is 14.0. The van der Waals surface area contributed by atoms with Crippen LogP contribution < -0.4 is 5.32 Å².